The van der Waals surface area contributed by atoms with Gasteiger partial charge in [-0.25, -0.2) is 4.99 Å². The second kappa shape index (κ2) is 6.67. The molecule has 21 heavy (non-hydrogen) atoms. The summed E-state index contributed by atoms with van der Waals surface area (Å²) in [5, 5.41) is 0.741. The topological polar surface area (TPSA) is 28.1 Å². The molecule has 5 heteroatoms. The van der Waals surface area contributed by atoms with E-state index in [4.69, 9.17) is 21.3 Å². The molecule has 0 atom stereocenters. The number of ether oxygens (including phenoxy) is 1. The molecule has 2 heterocycles. The molecule has 1 aromatic carbocycles. The van der Waals surface area contributed by atoms with Crippen molar-refractivity contribution in [2.75, 3.05) is 44.8 Å². The lowest BCUT2D eigenvalue weighted by Gasteiger charge is -2.31. The Bertz CT molecular complexity index is 526. The molecular formula is C16H22ClN3O. The molecule has 0 unspecified atom stereocenters. The van der Waals surface area contributed by atoms with Crippen LogP contribution in [0.4, 0.5) is 11.4 Å². The number of benzene rings is 1. The second-order valence-corrected chi connectivity index (χ2v) is 6.08. The van der Waals surface area contributed by atoms with Gasteiger partial charge < -0.3 is 14.5 Å². The summed E-state index contributed by atoms with van der Waals surface area (Å²) in [6, 6.07) is 6.00. The molecule has 0 amide bonds. The molecule has 2 aliphatic heterocycles. The number of morpholine rings is 1. The molecule has 1 aromatic rings. The molecule has 0 radical (unpaired) electrons. The zero-order valence-electron chi connectivity index (χ0n) is 12.5. The number of hydrogen-bond acceptors (Lipinski definition) is 3. The molecule has 0 saturated carbocycles. The molecule has 0 aliphatic carbocycles. The van der Waals surface area contributed by atoms with Gasteiger partial charge in [-0.2, -0.15) is 0 Å². The van der Waals surface area contributed by atoms with Crippen LogP contribution < -0.4 is 4.90 Å². The van der Waals surface area contributed by atoms with E-state index in [2.05, 4.69) is 22.9 Å². The van der Waals surface area contributed by atoms with Gasteiger partial charge in [0, 0.05) is 38.1 Å². The van der Waals surface area contributed by atoms with Gasteiger partial charge in [-0.05, 0) is 31.0 Å². The van der Waals surface area contributed by atoms with Crippen molar-refractivity contribution in [2.45, 2.75) is 19.3 Å². The number of piperidine rings is 1. The molecule has 0 N–H and O–H groups in total. The summed E-state index contributed by atoms with van der Waals surface area (Å²) in [6.07, 6.45) is 3.52. The van der Waals surface area contributed by atoms with Crippen LogP contribution in [0.5, 0.6) is 0 Å². The SMILES string of the molecule is CN1CCCCC1=Nc1cc(Cl)ccc1N1CCOCC1. The van der Waals surface area contributed by atoms with Crippen LogP contribution in [-0.2, 0) is 4.74 Å². The molecular weight excluding hydrogens is 286 g/mol. The fourth-order valence-corrected chi connectivity index (χ4v) is 3.06. The smallest absolute Gasteiger partial charge is 0.105 e. The van der Waals surface area contributed by atoms with Crippen LogP contribution in [0, 0.1) is 0 Å². The Morgan fingerprint density at radius 3 is 2.71 bits per heavy atom. The maximum Gasteiger partial charge on any atom is 0.105 e. The minimum atomic E-state index is 0.741. The molecule has 114 valence electrons. The van der Waals surface area contributed by atoms with E-state index in [1.807, 2.05) is 12.1 Å². The van der Waals surface area contributed by atoms with E-state index in [-0.39, 0.29) is 0 Å². The zero-order valence-corrected chi connectivity index (χ0v) is 13.3. The maximum atomic E-state index is 6.18. The first kappa shape index (κ1) is 14.7. The first-order valence-corrected chi connectivity index (χ1v) is 8.03. The maximum absolute atomic E-state index is 6.18. The van der Waals surface area contributed by atoms with Gasteiger partial charge in [0.05, 0.1) is 24.6 Å². The standard InChI is InChI=1S/C16H22ClN3O/c1-19-7-3-2-4-16(19)18-14-12-13(17)5-6-15(14)20-8-10-21-11-9-20/h5-6,12H,2-4,7-11H2,1H3. The van der Waals surface area contributed by atoms with Crippen LogP contribution in [0.15, 0.2) is 23.2 Å². The second-order valence-electron chi connectivity index (χ2n) is 5.64. The summed E-state index contributed by atoms with van der Waals surface area (Å²) in [6.45, 7) is 4.47. The summed E-state index contributed by atoms with van der Waals surface area (Å²) in [5.74, 6) is 1.16. The lowest BCUT2D eigenvalue weighted by atomic mass is 10.1. The van der Waals surface area contributed by atoms with Gasteiger partial charge in [-0.3, -0.25) is 0 Å². The number of amidine groups is 1. The van der Waals surface area contributed by atoms with E-state index in [1.54, 1.807) is 0 Å². The van der Waals surface area contributed by atoms with Crippen LogP contribution >= 0.6 is 11.6 Å². The van der Waals surface area contributed by atoms with Gasteiger partial charge in [0.15, 0.2) is 0 Å². The zero-order chi connectivity index (χ0) is 14.7. The summed E-state index contributed by atoms with van der Waals surface area (Å²) in [5.41, 5.74) is 2.14. The van der Waals surface area contributed by atoms with Crippen molar-refractivity contribution in [3.05, 3.63) is 23.2 Å². The van der Waals surface area contributed by atoms with Crippen LogP contribution in [0.2, 0.25) is 5.02 Å². The van der Waals surface area contributed by atoms with Gasteiger partial charge in [0.25, 0.3) is 0 Å². The van der Waals surface area contributed by atoms with Crippen LogP contribution in [0.3, 0.4) is 0 Å². The first-order valence-electron chi connectivity index (χ1n) is 7.65. The van der Waals surface area contributed by atoms with E-state index in [1.165, 1.54) is 12.8 Å². The number of hydrogen-bond donors (Lipinski definition) is 0. The normalized spacial score (nSPS) is 21.9. The Hall–Kier alpha value is -1.26. The molecule has 2 aliphatic rings. The lowest BCUT2D eigenvalue weighted by Crippen LogP contribution is -2.36. The number of anilines is 1. The molecule has 0 spiro atoms. The van der Waals surface area contributed by atoms with Crippen molar-refractivity contribution < 1.29 is 4.74 Å². The Labute approximate surface area is 131 Å². The average molecular weight is 308 g/mol. The Balaban J connectivity index is 1.92. The number of likely N-dealkylation sites (tertiary alicyclic amines) is 1. The van der Waals surface area contributed by atoms with Crippen LogP contribution in [0.25, 0.3) is 0 Å². The van der Waals surface area contributed by atoms with Crippen molar-refractivity contribution in [2.24, 2.45) is 4.99 Å². The van der Waals surface area contributed by atoms with E-state index < -0.39 is 0 Å². The van der Waals surface area contributed by atoms with Gasteiger partial charge in [-0.1, -0.05) is 11.6 Å². The predicted molar refractivity (Wildman–Crippen MR) is 88.1 cm³/mol. The third kappa shape index (κ3) is 3.50. The number of rotatable bonds is 2. The number of nitrogens with zero attached hydrogens (tertiary/aromatic N) is 3. The molecule has 4 nitrogen and oxygen atoms in total. The highest BCUT2D eigenvalue weighted by atomic mass is 35.5. The summed E-state index contributed by atoms with van der Waals surface area (Å²) < 4.78 is 5.44. The summed E-state index contributed by atoms with van der Waals surface area (Å²) in [7, 11) is 2.12. The van der Waals surface area contributed by atoms with Gasteiger partial charge in [0.1, 0.15) is 5.84 Å². The minimum absolute atomic E-state index is 0.741. The number of halogens is 1. The van der Waals surface area contributed by atoms with Crippen LogP contribution in [-0.4, -0.2) is 50.6 Å². The highest BCUT2D eigenvalue weighted by molar-refractivity contribution is 6.31. The monoisotopic (exact) mass is 307 g/mol. The van der Waals surface area contributed by atoms with E-state index in [0.29, 0.717) is 0 Å². The minimum Gasteiger partial charge on any atom is -0.378 e. The van der Waals surface area contributed by atoms with E-state index in [0.717, 1.165) is 61.5 Å². The lowest BCUT2D eigenvalue weighted by molar-refractivity contribution is 0.123. The molecule has 0 aromatic heterocycles. The molecule has 3 rings (SSSR count). The Morgan fingerprint density at radius 1 is 1.14 bits per heavy atom. The first-order chi connectivity index (χ1) is 10.2. The third-order valence-electron chi connectivity index (χ3n) is 4.12. The largest absolute Gasteiger partial charge is 0.378 e. The van der Waals surface area contributed by atoms with Crippen molar-refractivity contribution in [1.29, 1.82) is 0 Å². The molecule has 0 bridgehead atoms. The third-order valence-corrected chi connectivity index (χ3v) is 4.36. The Kier molecular flexibility index (Phi) is 4.66. The predicted octanol–water partition coefficient (Wildman–Crippen LogP) is 3.32. The highest BCUT2D eigenvalue weighted by Gasteiger charge is 2.17. The average Bonchev–Trinajstić information content (AvgIpc) is 2.51. The highest BCUT2D eigenvalue weighted by Crippen LogP contribution is 2.33. The fraction of sp³-hybridized carbons (Fsp3) is 0.562. The summed E-state index contributed by atoms with van der Waals surface area (Å²) >= 11 is 6.18. The van der Waals surface area contributed by atoms with Gasteiger partial charge >= 0.3 is 0 Å². The van der Waals surface area contributed by atoms with Crippen molar-refractivity contribution in [3.63, 3.8) is 0 Å². The van der Waals surface area contributed by atoms with E-state index >= 15 is 0 Å². The summed E-state index contributed by atoms with van der Waals surface area (Å²) in [4.78, 5) is 9.50. The molecule has 2 saturated heterocycles. The molecule has 2 fully saturated rings. The fourth-order valence-electron chi connectivity index (χ4n) is 2.89. The van der Waals surface area contributed by atoms with Gasteiger partial charge in [-0.15, -0.1) is 0 Å². The van der Waals surface area contributed by atoms with E-state index in [9.17, 15) is 0 Å². The van der Waals surface area contributed by atoms with Gasteiger partial charge in [0.2, 0.25) is 0 Å². The van der Waals surface area contributed by atoms with Crippen molar-refractivity contribution >= 4 is 28.8 Å². The quantitative estimate of drug-likeness (QED) is 0.839. The van der Waals surface area contributed by atoms with Crippen LogP contribution in [0.1, 0.15) is 19.3 Å². The van der Waals surface area contributed by atoms with Crippen molar-refractivity contribution in [1.82, 2.24) is 4.90 Å². The van der Waals surface area contributed by atoms with Crippen molar-refractivity contribution in [3.8, 4) is 0 Å². The number of aliphatic imine (C=N–C) groups is 1. The Morgan fingerprint density at radius 2 is 1.95 bits per heavy atom.